The average Bonchev–Trinajstić information content (AvgIpc) is 3.24. The second-order valence-electron chi connectivity index (χ2n) is 4.58. The zero-order chi connectivity index (χ0) is 15.4. The predicted molar refractivity (Wildman–Crippen MR) is 82.8 cm³/mol. The lowest BCUT2D eigenvalue weighted by Crippen LogP contribution is -1.89. The van der Waals surface area contributed by atoms with E-state index >= 15 is 0 Å². The van der Waals surface area contributed by atoms with Crippen LogP contribution >= 0.6 is 0 Å². The molecule has 0 atom stereocenters. The number of benzene rings is 1. The lowest BCUT2D eigenvalue weighted by atomic mass is 10.1. The third-order valence-electron chi connectivity index (χ3n) is 3.16. The van der Waals surface area contributed by atoms with Crippen LogP contribution in [0.4, 0.5) is 0 Å². The van der Waals surface area contributed by atoms with Crippen molar-refractivity contribution in [3.05, 3.63) is 72.4 Å². The maximum atomic E-state index is 11.8. The highest BCUT2D eigenvalue weighted by Gasteiger charge is 2.09. The third-order valence-corrected chi connectivity index (χ3v) is 3.16. The van der Waals surface area contributed by atoms with E-state index in [2.05, 4.69) is 0 Å². The van der Waals surface area contributed by atoms with Crippen LogP contribution in [0.15, 0.2) is 69.7 Å². The van der Waals surface area contributed by atoms with Crippen molar-refractivity contribution >= 4 is 11.9 Å². The number of furan rings is 2. The van der Waals surface area contributed by atoms with E-state index in [-0.39, 0.29) is 5.78 Å². The van der Waals surface area contributed by atoms with Gasteiger partial charge in [0.15, 0.2) is 5.76 Å². The van der Waals surface area contributed by atoms with E-state index in [9.17, 15) is 4.79 Å². The molecule has 2 heterocycles. The topological polar surface area (TPSA) is 52.6 Å². The first-order valence-electron chi connectivity index (χ1n) is 6.77. The van der Waals surface area contributed by atoms with Crippen LogP contribution in [-0.4, -0.2) is 12.9 Å². The van der Waals surface area contributed by atoms with E-state index < -0.39 is 0 Å². The van der Waals surface area contributed by atoms with Crippen LogP contribution in [0.25, 0.3) is 17.4 Å². The number of para-hydroxylation sites is 1. The highest BCUT2D eigenvalue weighted by Crippen LogP contribution is 2.31. The summed E-state index contributed by atoms with van der Waals surface area (Å²) in [6.07, 6.45) is 4.50. The molecule has 22 heavy (non-hydrogen) atoms. The first kappa shape index (κ1) is 13.9. The second-order valence-corrected chi connectivity index (χ2v) is 4.58. The molecule has 0 aliphatic carbocycles. The number of hydrogen-bond donors (Lipinski definition) is 0. The SMILES string of the molecule is COc1ccccc1-c1ccc(/C=C/C(=O)c2ccco2)o1. The summed E-state index contributed by atoms with van der Waals surface area (Å²) in [5, 5.41) is 0. The maximum absolute atomic E-state index is 11.8. The number of carbonyl (C=O) groups is 1. The summed E-state index contributed by atoms with van der Waals surface area (Å²) >= 11 is 0. The summed E-state index contributed by atoms with van der Waals surface area (Å²) in [6.45, 7) is 0. The van der Waals surface area contributed by atoms with Crippen LogP contribution in [-0.2, 0) is 0 Å². The summed E-state index contributed by atoms with van der Waals surface area (Å²) in [4.78, 5) is 11.8. The van der Waals surface area contributed by atoms with Crippen molar-refractivity contribution < 1.29 is 18.4 Å². The molecule has 2 aromatic heterocycles. The van der Waals surface area contributed by atoms with E-state index in [4.69, 9.17) is 13.6 Å². The molecular weight excluding hydrogens is 280 g/mol. The van der Waals surface area contributed by atoms with Crippen LogP contribution in [0.2, 0.25) is 0 Å². The largest absolute Gasteiger partial charge is 0.496 e. The number of rotatable bonds is 5. The molecule has 0 bridgehead atoms. The fraction of sp³-hybridized carbons (Fsp3) is 0.0556. The van der Waals surface area contributed by atoms with Crippen molar-refractivity contribution in [1.82, 2.24) is 0 Å². The van der Waals surface area contributed by atoms with Gasteiger partial charge in [0.25, 0.3) is 0 Å². The number of ketones is 1. The van der Waals surface area contributed by atoms with E-state index in [0.29, 0.717) is 17.3 Å². The molecule has 0 N–H and O–H groups in total. The number of hydrogen-bond acceptors (Lipinski definition) is 4. The smallest absolute Gasteiger partial charge is 0.221 e. The zero-order valence-electron chi connectivity index (χ0n) is 12.0. The van der Waals surface area contributed by atoms with Crippen LogP contribution in [0.5, 0.6) is 5.75 Å². The van der Waals surface area contributed by atoms with E-state index in [1.54, 1.807) is 31.4 Å². The van der Waals surface area contributed by atoms with Gasteiger partial charge < -0.3 is 13.6 Å². The molecule has 4 heteroatoms. The van der Waals surface area contributed by atoms with E-state index in [1.807, 2.05) is 30.3 Å². The zero-order valence-corrected chi connectivity index (χ0v) is 12.0. The molecule has 0 spiro atoms. The van der Waals surface area contributed by atoms with Crippen molar-refractivity contribution in [2.45, 2.75) is 0 Å². The monoisotopic (exact) mass is 294 g/mol. The molecule has 0 fully saturated rings. The summed E-state index contributed by atoms with van der Waals surface area (Å²) in [6, 6.07) is 14.5. The minimum atomic E-state index is -0.208. The molecule has 0 saturated carbocycles. The highest BCUT2D eigenvalue weighted by atomic mass is 16.5. The van der Waals surface area contributed by atoms with Crippen molar-refractivity contribution in [3.8, 4) is 17.1 Å². The fourth-order valence-corrected chi connectivity index (χ4v) is 2.09. The number of methoxy groups -OCH3 is 1. The summed E-state index contributed by atoms with van der Waals surface area (Å²) < 4.78 is 16.1. The minimum Gasteiger partial charge on any atom is -0.496 e. The normalized spacial score (nSPS) is 11.0. The van der Waals surface area contributed by atoms with Crippen LogP contribution in [0, 0.1) is 0 Å². The van der Waals surface area contributed by atoms with Crippen molar-refractivity contribution in [2.24, 2.45) is 0 Å². The molecular formula is C18H14O4. The Hall–Kier alpha value is -3.01. The maximum Gasteiger partial charge on any atom is 0.221 e. The Morgan fingerprint density at radius 1 is 1.09 bits per heavy atom. The van der Waals surface area contributed by atoms with Crippen LogP contribution < -0.4 is 4.74 Å². The Labute approximate surface area is 127 Å². The van der Waals surface area contributed by atoms with Crippen molar-refractivity contribution in [3.63, 3.8) is 0 Å². The Balaban J connectivity index is 1.81. The first-order chi connectivity index (χ1) is 10.8. The van der Waals surface area contributed by atoms with Gasteiger partial charge in [0.1, 0.15) is 17.3 Å². The molecule has 110 valence electrons. The van der Waals surface area contributed by atoms with Crippen molar-refractivity contribution in [2.75, 3.05) is 7.11 Å². The highest BCUT2D eigenvalue weighted by molar-refractivity contribution is 6.04. The molecule has 4 nitrogen and oxygen atoms in total. The van der Waals surface area contributed by atoms with Gasteiger partial charge >= 0.3 is 0 Å². The predicted octanol–water partition coefficient (Wildman–Crippen LogP) is 4.44. The summed E-state index contributed by atoms with van der Waals surface area (Å²) in [5.74, 6) is 2.09. The fourth-order valence-electron chi connectivity index (χ4n) is 2.09. The van der Waals surface area contributed by atoms with Crippen LogP contribution in [0.3, 0.4) is 0 Å². The molecule has 0 aliphatic heterocycles. The number of ether oxygens (including phenoxy) is 1. The second kappa shape index (κ2) is 6.18. The van der Waals surface area contributed by atoms with Gasteiger partial charge in [0.05, 0.1) is 18.9 Å². The van der Waals surface area contributed by atoms with Gasteiger partial charge in [-0.3, -0.25) is 4.79 Å². The lowest BCUT2D eigenvalue weighted by molar-refractivity contribution is 0.102. The first-order valence-corrected chi connectivity index (χ1v) is 6.77. The van der Waals surface area contributed by atoms with Crippen LogP contribution in [0.1, 0.15) is 16.3 Å². The summed E-state index contributed by atoms with van der Waals surface area (Å²) in [5.41, 5.74) is 0.863. The molecule has 0 aliphatic rings. The van der Waals surface area contributed by atoms with Gasteiger partial charge in [-0.1, -0.05) is 12.1 Å². The molecule has 0 unspecified atom stereocenters. The van der Waals surface area contributed by atoms with Crippen molar-refractivity contribution in [1.29, 1.82) is 0 Å². The molecule has 0 radical (unpaired) electrons. The third kappa shape index (κ3) is 2.86. The number of allylic oxidation sites excluding steroid dienone is 1. The molecule has 0 amide bonds. The number of carbonyl (C=O) groups excluding carboxylic acids is 1. The Kier molecular flexibility index (Phi) is 3.92. The van der Waals surface area contributed by atoms with Gasteiger partial charge in [-0.25, -0.2) is 0 Å². The van der Waals surface area contributed by atoms with Gasteiger partial charge in [0, 0.05) is 0 Å². The summed E-state index contributed by atoms with van der Waals surface area (Å²) in [7, 11) is 1.62. The van der Waals surface area contributed by atoms with Gasteiger partial charge in [-0.05, 0) is 48.6 Å². The molecule has 3 rings (SSSR count). The van der Waals surface area contributed by atoms with E-state index in [1.165, 1.54) is 12.3 Å². The molecule has 1 aromatic carbocycles. The Bertz CT molecular complexity index is 794. The lowest BCUT2D eigenvalue weighted by Gasteiger charge is -2.04. The average molecular weight is 294 g/mol. The Morgan fingerprint density at radius 3 is 2.73 bits per heavy atom. The van der Waals surface area contributed by atoms with E-state index in [0.717, 1.165) is 11.3 Å². The van der Waals surface area contributed by atoms with Gasteiger partial charge in [-0.2, -0.15) is 0 Å². The molecule has 0 saturated heterocycles. The standard InChI is InChI=1S/C18H14O4/c1-20-16-6-3-2-5-14(16)17-11-9-13(22-17)8-10-15(19)18-7-4-12-21-18/h2-12H,1H3/b10-8+. The molecule has 3 aromatic rings. The minimum absolute atomic E-state index is 0.208. The van der Waals surface area contributed by atoms with Gasteiger partial charge in [0.2, 0.25) is 5.78 Å². The Morgan fingerprint density at radius 2 is 1.95 bits per heavy atom. The quantitative estimate of drug-likeness (QED) is 0.515. The van der Waals surface area contributed by atoms with Gasteiger partial charge in [-0.15, -0.1) is 0 Å².